The summed E-state index contributed by atoms with van der Waals surface area (Å²) in [4.78, 5) is 1.29. The molecule has 0 aliphatic rings. The van der Waals surface area contributed by atoms with Crippen molar-refractivity contribution in [1.82, 2.24) is 5.32 Å². The van der Waals surface area contributed by atoms with Gasteiger partial charge in [0, 0.05) is 16.8 Å². The van der Waals surface area contributed by atoms with Gasteiger partial charge in [0.05, 0.1) is 5.02 Å². The molecule has 0 amide bonds. The Kier molecular flexibility index (Phi) is 4.23. The van der Waals surface area contributed by atoms with Gasteiger partial charge >= 0.3 is 0 Å². The number of thiophene rings is 1. The number of rotatable bonds is 4. The van der Waals surface area contributed by atoms with Gasteiger partial charge in [-0.3, -0.25) is 0 Å². The lowest BCUT2D eigenvalue weighted by Gasteiger charge is -2.19. The number of hydrogen-bond acceptors (Lipinski definition) is 2. The molecule has 1 aromatic heterocycles. The third-order valence-corrected chi connectivity index (χ3v) is 3.89. The molecule has 13 heavy (non-hydrogen) atoms. The van der Waals surface area contributed by atoms with Gasteiger partial charge in [-0.25, -0.2) is 0 Å². The number of halogens is 1. The van der Waals surface area contributed by atoms with Gasteiger partial charge in [-0.1, -0.05) is 25.4 Å². The van der Waals surface area contributed by atoms with Crippen LogP contribution in [0.1, 0.15) is 31.6 Å². The van der Waals surface area contributed by atoms with Crippen molar-refractivity contribution in [1.29, 1.82) is 0 Å². The zero-order valence-corrected chi connectivity index (χ0v) is 9.88. The first kappa shape index (κ1) is 11.0. The molecule has 0 saturated carbocycles. The number of nitrogens with one attached hydrogen (secondary N) is 1. The Labute approximate surface area is 89.1 Å². The second-order valence-electron chi connectivity index (χ2n) is 3.27. The molecule has 1 N–H and O–H groups in total. The Morgan fingerprint density at radius 1 is 1.54 bits per heavy atom. The van der Waals surface area contributed by atoms with Crippen molar-refractivity contribution in [3.8, 4) is 0 Å². The summed E-state index contributed by atoms with van der Waals surface area (Å²) in [6.07, 6.45) is 0. The van der Waals surface area contributed by atoms with Crippen molar-refractivity contribution in [3.63, 3.8) is 0 Å². The predicted molar refractivity (Wildman–Crippen MR) is 60.9 cm³/mol. The van der Waals surface area contributed by atoms with Crippen molar-refractivity contribution in [2.45, 2.75) is 32.7 Å². The van der Waals surface area contributed by atoms with Crippen molar-refractivity contribution >= 4 is 22.9 Å². The third kappa shape index (κ3) is 2.70. The monoisotopic (exact) mass is 217 g/mol. The maximum absolute atomic E-state index is 6.06. The molecule has 2 atom stereocenters. The molecule has 74 valence electrons. The van der Waals surface area contributed by atoms with E-state index in [0.29, 0.717) is 12.0 Å². The van der Waals surface area contributed by atoms with E-state index in [1.807, 2.05) is 11.4 Å². The Bertz CT molecular complexity index is 259. The van der Waals surface area contributed by atoms with Crippen molar-refractivity contribution in [3.05, 3.63) is 21.3 Å². The van der Waals surface area contributed by atoms with E-state index in [0.717, 1.165) is 11.6 Å². The smallest absolute Gasteiger partial charge is 0.0548 e. The normalized spacial score (nSPS) is 15.7. The van der Waals surface area contributed by atoms with Crippen molar-refractivity contribution < 1.29 is 0 Å². The van der Waals surface area contributed by atoms with Crippen LogP contribution in [-0.4, -0.2) is 12.6 Å². The van der Waals surface area contributed by atoms with E-state index < -0.39 is 0 Å². The van der Waals surface area contributed by atoms with Gasteiger partial charge in [-0.2, -0.15) is 0 Å². The fraction of sp³-hybridized carbons (Fsp3) is 0.600. The molecule has 1 nitrogen and oxygen atoms in total. The van der Waals surface area contributed by atoms with Gasteiger partial charge in [0.15, 0.2) is 0 Å². The molecule has 0 aliphatic heterocycles. The minimum Gasteiger partial charge on any atom is -0.314 e. The molecular formula is C10H16ClNS. The molecule has 2 unspecified atom stereocenters. The van der Waals surface area contributed by atoms with Gasteiger partial charge in [0.2, 0.25) is 0 Å². The van der Waals surface area contributed by atoms with Crippen LogP contribution in [0.3, 0.4) is 0 Å². The first-order valence-electron chi connectivity index (χ1n) is 4.63. The summed E-state index contributed by atoms with van der Waals surface area (Å²) in [7, 11) is 0. The molecule has 0 aromatic carbocycles. The first-order chi connectivity index (χ1) is 6.16. The van der Waals surface area contributed by atoms with Gasteiger partial charge < -0.3 is 5.32 Å². The Morgan fingerprint density at radius 2 is 2.23 bits per heavy atom. The lowest BCUT2D eigenvalue weighted by molar-refractivity contribution is 0.500. The molecule has 1 aromatic rings. The summed E-state index contributed by atoms with van der Waals surface area (Å²) in [5.74, 6) is 0.493. The molecule has 0 aliphatic carbocycles. The van der Waals surface area contributed by atoms with Crippen molar-refractivity contribution in [2.75, 3.05) is 6.54 Å². The summed E-state index contributed by atoms with van der Waals surface area (Å²) in [6, 6.07) is 2.46. The molecule has 3 heteroatoms. The Balaban J connectivity index is 2.67. The average molecular weight is 218 g/mol. The van der Waals surface area contributed by atoms with Crippen LogP contribution in [0.15, 0.2) is 11.4 Å². The van der Waals surface area contributed by atoms with Gasteiger partial charge in [-0.15, -0.1) is 11.3 Å². The standard InChI is InChI=1S/C10H16ClNS/c1-4-12-8(3)7(2)10-9(11)5-6-13-10/h5-8,12H,4H2,1-3H3. The minimum atomic E-state index is 0.487. The average Bonchev–Trinajstić information content (AvgIpc) is 2.50. The second-order valence-corrected chi connectivity index (χ2v) is 4.62. The highest BCUT2D eigenvalue weighted by Gasteiger charge is 2.16. The summed E-state index contributed by atoms with van der Waals surface area (Å²) >= 11 is 7.80. The van der Waals surface area contributed by atoms with Gasteiger partial charge in [-0.05, 0) is 24.9 Å². The highest BCUT2D eigenvalue weighted by molar-refractivity contribution is 7.10. The largest absolute Gasteiger partial charge is 0.314 e. The molecule has 0 saturated heterocycles. The van der Waals surface area contributed by atoms with Crippen LogP contribution >= 0.6 is 22.9 Å². The van der Waals surface area contributed by atoms with E-state index in [-0.39, 0.29) is 0 Å². The molecule has 0 bridgehead atoms. The molecule has 0 radical (unpaired) electrons. The minimum absolute atomic E-state index is 0.487. The van der Waals surface area contributed by atoms with E-state index in [9.17, 15) is 0 Å². The molecule has 0 spiro atoms. The first-order valence-corrected chi connectivity index (χ1v) is 5.88. The van der Waals surface area contributed by atoms with Crippen LogP contribution in [0.4, 0.5) is 0 Å². The highest BCUT2D eigenvalue weighted by atomic mass is 35.5. The van der Waals surface area contributed by atoms with E-state index in [2.05, 4.69) is 26.1 Å². The van der Waals surface area contributed by atoms with Crippen molar-refractivity contribution in [2.24, 2.45) is 0 Å². The lowest BCUT2D eigenvalue weighted by atomic mass is 10.0. The predicted octanol–water partition coefficient (Wildman–Crippen LogP) is 3.50. The van der Waals surface area contributed by atoms with Crippen LogP contribution in [0, 0.1) is 0 Å². The summed E-state index contributed by atoms with van der Waals surface area (Å²) in [5.41, 5.74) is 0. The van der Waals surface area contributed by atoms with E-state index in [4.69, 9.17) is 11.6 Å². The molecular weight excluding hydrogens is 202 g/mol. The maximum Gasteiger partial charge on any atom is 0.0548 e. The van der Waals surface area contributed by atoms with Crippen LogP contribution in [-0.2, 0) is 0 Å². The number of likely N-dealkylation sites (N-methyl/N-ethyl adjacent to an activating group) is 1. The summed E-state index contributed by atoms with van der Waals surface area (Å²) in [5, 5.41) is 6.36. The SMILES string of the molecule is CCNC(C)C(C)c1sccc1Cl. The lowest BCUT2D eigenvalue weighted by Crippen LogP contribution is -2.30. The van der Waals surface area contributed by atoms with Crippen LogP contribution in [0.2, 0.25) is 5.02 Å². The summed E-state index contributed by atoms with van der Waals surface area (Å²) < 4.78 is 0. The van der Waals surface area contributed by atoms with Crippen LogP contribution in [0.25, 0.3) is 0 Å². The quantitative estimate of drug-likeness (QED) is 0.814. The number of hydrogen-bond donors (Lipinski definition) is 1. The fourth-order valence-corrected chi connectivity index (χ4v) is 2.75. The second kappa shape index (κ2) is 4.99. The van der Waals surface area contributed by atoms with E-state index in [1.54, 1.807) is 11.3 Å². The molecule has 1 rings (SSSR count). The highest BCUT2D eigenvalue weighted by Crippen LogP contribution is 2.31. The zero-order chi connectivity index (χ0) is 9.84. The molecule has 0 fully saturated rings. The Hall–Kier alpha value is -0.0500. The fourth-order valence-electron chi connectivity index (χ4n) is 1.36. The van der Waals surface area contributed by atoms with Gasteiger partial charge in [0.25, 0.3) is 0 Å². The summed E-state index contributed by atoms with van der Waals surface area (Å²) in [6.45, 7) is 7.54. The van der Waals surface area contributed by atoms with Crippen LogP contribution in [0.5, 0.6) is 0 Å². The maximum atomic E-state index is 6.06. The topological polar surface area (TPSA) is 12.0 Å². The zero-order valence-electron chi connectivity index (χ0n) is 8.30. The van der Waals surface area contributed by atoms with E-state index >= 15 is 0 Å². The third-order valence-electron chi connectivity index (χ3n) is 2.33. The Morgan fingerprint density at radius 3 is 2.69 bits per heavy atom. The van der Waals surface area contributed by atoms with Gasteiger partial charge in [0.1, 0.15) is 0 Å². The molecule has 1 heterocycles. The van der Waals surface area contributed by atoms with E-state index in [1.165, 1.54) is 4.88 Å². The van der Waals surface area contributed by atoms with Crippen LogP contribution < -0.4 is 5.32 Å².